The monoisotopic (exact) mass is 243 g/mol. The Morgan fingerprint density at radius 2 is 1.94 bits per heavy atom. The van der Waals surface area contributed by atoms with Crippen LogP contribution in [0.1, 0.15) is 37.6 Å². The van der Waals surface area contributed by atoms with E-state index in [2.05, 4.69) is 65.3 Å². The number of rotatable bonds is 6. The lowest BCUT2D eigenvalue weighted by molar-refractivity contribution is 0.530. The van der Waals surface area contributed by atoms with Crippen molar-refractivity contribution in [2.45, 2.75) is 32.9 Å². The summed E-state index contributed by atoms with van der Waals surface area (Å²) in [6.07, 6.45) is 3.01. The van der Waals surface area contributed by atoms with Crippen LogP contribution in [0.25, 0.3) is 0 Å². The summed E-state index contributed by atoms with van der Waals surface area (Å²) in [7, 11) is 0. The number of aromatic nitrogens is 2. The van der Waals surface area contributed by atoms with Crippen molar-refractivity contribution < 1.29 is 0 Å². The van der Waals surface area contributed by atoms with Crippen molar-refractivity contribution >= 4 is 0 Å². The molecule has 0 radical (unpaired) electrons. The van der Waals surface area contributed by atoms with Crippen molar-refractivity contribution in [1.29, 1.82) is 0 Å². The summed E-state index contributed by atoms with van der Waals surface area (Å²) < 4.78 is 2.06. The van der Waals surface area contributed by atoms with Crippen molar-refractivity contribution in [2.75, 3.05) is 6.54 Å². The van der Waals surface area contributed by atoms with Crippen LogP contribution in [-0.2, 0) is 6.54 Å². The molecule has 0 bridgehead atoms. The molecule has 2 aromatic rings. The number of benzene rings is 1. The highest BCUT2D eigenvalue weighted by Gasteiger charge is 2.16. The second-order valence-electron chi connectivity index (χ2n) is 4.37. The molecule has 0 saturated heterocycles. The summed E-state index contributed by atoms with van der Waals surface area (Å²) >= 11 is 0. The Morgan fingerprint density at radius 1 is 1.17 bits per heavy atom. The van der Waals surface area contributed by atoms with Crippen molar-refractivity contribution in [3.63, 3.8) is 0 Å². The molecule has 0 fully saturated rings. The molecule has 1 N–H and O–H groups in total. The second kappa shape index (κ2) is 6.36. The first-order valence-corrected chi connectivity index (χ1v) is 6.66. The Hall–Kier alpha value is -1.61. The van der Waals surface area contributed by atoms with Crippen molar-refractivity contribution in [1.82, 2.24) is 15.1 Å². The predicted octanol–water partition coefficient (Wildman–Crippen LogP) is 2.99. The van der Waals surface area contributed by atoms with Crippen molar-refractivity contribution in [3.05, 3.63) is 53.9 Å². The summed E-state index contributed by atoms with van der Waals surface area (Å²) in [5.74, 6) is 0. The van der Waals surface area contributed by atoms with Gasteiger partial charge in [0.1, 0.15) is 0 Å². The van der Waals surface area contributed by atoms with Gasteiger partial charge in [-0.1, -0.05) is 37.3 Å². The normalized spacial score (nSPS) is 12.6. The molecule has 96 valence electrons. The third-order valence-electron chi connectivity index (χ3n) is 3.08. The van der Waals surface area contributed by atoms with Gasteiger partial charge in [-0.15, -0.1) is 0 Å². The molecule has 0 aliphatic heterocycles. The molecule has 0 aliphatic rings. The molecule has 0 spiro atoms. The summed E-state index contributed by atoms with van der Waals surface area (Å²) in [5, 5.41) is 7.97. The van der Waals surface area contributed by atoms with Crippen LogP contribution in [-0.4, -0.2) is 16.3 Å². The highest BCUT2D eigenvalue weighted by molar-refractivity contribution is 5.27. The lowest BCUT2D eigenvalue weighted by atomic mass is 10.0. The fourth-order valence-corrected chi connectivity index (χ4v) is 2.18. The summed E-state index contributed by atoms with van der Waals surface area (Å²) in [5.41, 5.74) is 2.53. The third kappa shape index (κ3) is 2.79. The first-order valence-electron chi connectivity index (χ1n) is 6.66. The smallest absolute Gasteiger partial charge is 0.0748 e. The van der Waals surface area contributed by atoms with E-state index in [0.29, 0.717) is 0 Å². The van der Waals surface area contributed by atoms with Gasteiger partial charge in [-0.3, -0.25) is 4.68 Å². The van der Waals surface area contributed by atoms with E-state index in [-0.39, 0.29) is 6.04 Å². The molecule has 1 heterocycles. The molecule has 1 unspecified atom stereocenters. The molecule has 1 aromatic heterocycles. The molecule has 18 heavy (non-hydrogen) atoms. The molecule has 3 heteroatoms. The second-order valence-corrected chi connectivity index (χ2v) is 4.37. The van der Waals surface area contributed by atoms with Gasteiger partial charge < -0.3 is 5.32 Å². The number of nitrogens with one attached hydrogen (secondary N) is 1. The maximum Gasteiger partial charge on any atom is 0.0748 e. The number of aryl methyl sites for hydroxylation is 1. The minimum Gasteiger partial charge on any atom is -0.305 e. The van der Waals surface area contributed by atoms with E-state index in [1.54, 1.807) is 0 Å². The van der Waals surface area contributed by atoms with Gasteiger partial charge in [-0.2, -0.15) is 5.10 Å². The minimum absolute atomic E-state index is 0.230. The van der Waals surface area contributed by atoms with Crippen LogP contribution in [0.4, 0.5) is 0 Å². The van der Waals surface area contributed by atoms with E-state index >= 15 is 0 Å². The fourth-order valence-electron chi connectivity index (χ4n) is 2.18. The maximum atomic E-state index is 4.37. The van der Waals surface area contributed by atoms with Crippen LogP contribution >= 0.6 is 0 Å². The average Bonchev–Trinajstić information content (AvgIpc) is 2.89. The molecular weight excluding hydrogens is 222 g/mol. The van der Waals surface area contributed by atoms with E-state index in [1.807, 2.05) is 6.20 Å². The maximum absolute atomic E-state index is 4.37. The van der Waals surface area contributed by atoms with E-state index in [4.69, 9.17) is 0 Å². The molecule has 0 saturated carbocycles. The summed E-state index contributed by atoms with van der Waals surface area (Å²) in [4.78, 5) is 0. The Bertz CT molecular complexity index is 462. The molecule has 2 rings (SSSR count). The zero-order valence-corrected chi connectivity index (χ0v) is 11.1. The van der Waals surface area contributed by atoms with Crippen LogP contribution < -0.4 is 5.32 Å². The lowest BCUT2D eigenvalue weighted by Crippen LogP contribution is -2.25. The van der Waals surface area contributed by atoms with Crippen LogP contribution in [0.2, 0.25) is 0 Å². The summed E-state index contributed by atoms with van der Waals surface area (Å²) in [6.45, 7) is 6.22. The molecule has 1 aromatic carbocycles. The number of nitrogens with zero attached hydrogens (tertiary/aromatic N) is 2. The average molecular weight is 243 g/mol. The van der Waals surface area contributed by atoms with Crippen LogP contribution in [0.15, 0.2) is 42.6 Å². The highest BCUT2D eigenvalue weighted by atomic mass is 15.3. The van der Waals surface area contributed by atoms with Gasteiger partial charge >= 0.3 is 0 Å². The zero-order valence-electron chi connectivity index (χ0n) is 11.1. The van der Waals surface area contributed by atoms with Gasteiger partial charge in [0, 0.05) is 12.7 Å². The zero-order chi connectivity index (χ0) is 12.8. The van der Waals surface area contributed by atoms with Crippen molar-refractivity contribution in [3.8, 4) is 0 Å². The van der Waals surface area contributed by atoms with E-state index < -0.39 is 0 Å². The van der Waals surface area contributed by atoms with Crippen molar-refractivity contribution in [2.24, 2.45) is 0 Å². The first-order chi connectivity index (χ1) is 8.86. The topological polar surface area (TPSA) is 29.9 Å². The predicted molar refractivity (Wildman–Crippen MR) is 74.5 cm³/mol. The molecule has 0 amide bonds. The minimum atomic E-state index is 0.230. The molecular formula is C15H21N3. The standard InChI is InChI=1S/C15H21N3/c1-3-11-16-15(13-8-6-5-7-9-13)14-10-12-17-18(14)4-2/h5-10,12,15-16H,3-4,11H2,1-2H3. The van der Waals surface area contributed by atoms with Crippen LogP contribution in [0.5, 0.6) is 0 Å². The van der Waals surface area contributed by atoms with Gasteiger partial charge in [0.2, 0.25) is 0 Å². The van der Waals surface area contributed by atoms with Gasteiger partial charge in [0.25, 0.3) is 0 Å². The largest absolute Gasteiger partial charge is 0.305 e. The Balaban J connectivity index is 2.31. The fraction of sp³-hybridized carbons (Fsp3) is 0.400. The van der Waals surface area contributed by atoms with Gasteiger partial charge in [-0.05, 0) is 31.5 Å². The Kier molecular flexibility index (Phi) is 4.53. The number of hydrogen-bond acceptors (Lipinski definition) is 2. The molecule has 3 nitrogen and oxygen atoms in total. The van der Waals surface area contributed by atoms with E-state index in [0.717, 1.165) is 19.5 Å². The Labute approximate surface area is 109 Å². The van der Waals surface area contributed by atoms with E-state index in [9.17, 15) is 0 Å². The lowest BCUT2D eigenvalue weighted by Gasteiger charge is -2.20. The molecule has 0 aliphatic carbocycles. The van der Waals surface area contributed by atoms with Crippen LogP contribution in [0.3, 0.4) is 0 Å². The van der Waals surface area contributed by atoms with E-state index in [1.165, 1.54) is 11.3 Å². The Morgan fingerprint density at radius 3 is 2.61 bits per heavy atom. The van der Waals surface area contributed by atoms with Gasteiger partial charge in [0.05, 0.1) is 11.7 Å². The van der Waals surface area contributed by atoms with Gasteiger partial charge in [-0.25, -0.2) is 0 Å². The van der Waals surface area contributed by atoms with Gasteiger partial charge in [0.15, 0.2) is 0 Å². The third-order valence-corrected chi connectivity index (χ3v) is 3.08. The summed E-state index contributed by atoms with van der Waals surface area (Å²) in [6, 6.07) is 12.9. The molecule has 1 atom stereocenters. The van der Waals surface area contributed by atoms with Crippen LogP contribution in [0, 0.1) is 0 Å². The highest BCUT2D eigenvalue weighted by Crippen LogP contribution is 2.21. The number of hydrogen-bond donors (Lipinski definition) is 1. The SMILES string of the molecule is CCCNC(c1ccccc1)c1ccnn1CC. The quantitative estimate of drug-likeness (QED) is 0.845. The first kappa shape index (κ1) is 12.8.